The molecule has 0 aromatic rings. The fourth-order valence-electron chi connectivity index (χ4n) is 3.34. The van der Waals surface area contributed by atoms with Crippen molar-refractivity contribution in [3.05, 3.63) is 0 Å². The van der Waals surface area contributed by atoms with Gasteiger partial charge in [0.1, 0.15) is 0 Å². The molecule has 1 aliphatic heterocycles. The van der Waals surface area contributed by atoms with Crippen LogP contribution in [0.15, 0.2) is 0 Å². The van der Waals surface area contributed by atoms with Crippen LogP contribution in [0.3, 0.4) is 0 Å². The smallest absolute Gasteiger partial charge is 0.0622 e. The monoisotopic (exact) mass is 341 g/mol. The maximum Gasteiger partial charge on any atom is 0.0622 e. The third-order valence-electron chi connectivity index (χ3n) is 5.58. The number of nitrogens with one attached hydrogen (secondary N) is 1. The summed E-state index contributed by atoms with van der Waals surface area (Å²) in [5, 5.41) is 3.64. The minimum atomic E-state index is 0.0392. The first-order valence-electron chi connectivity index (χ1n) is 10.1. The number of piperazine rings is 1. The van der Waals surface area contributed by atoms with Gasteiger partial charge in [-0.05, 0) is 53.0 Å². The number of hydrogen-bond acceptors (Lipinski definition) is 4. The summed E-state index contributed by atoms with van der Waals surface area (Å²) in [5.74, 6) is 0.805. The summed E-state index contributed by atoms with van der Waals surface area (Å²) in [5.41, 5.74) is 0.0392. The molecule has 0 bridgehead atoms. The third-order valence-corrected chi connectivity index (χ3v) is 5.58. The van der Waals surface area contributed by atoms with Gasteiger partial charge in [0.2, 0.25) is 0 Å². The van der Waals surface area contributed by atoms with E-state index in [1.165, 1.54) is 52.0 Å². The van der Waals surface area contributed by atoms with Crippen LogP contribution in [-0.2, 0) is 4.74 Å². The molecule has 0 amide bonds. The van der Waals surface area contributed by atoms with E-state index in [1.54, 1.807) is 0 Å². The van der Waals surface area contributed by atoms with Crippen LogP contribution < -0.4 is 5.32 Å². The molecular weight excluding hydrogens is 298 g/mol. The molecule has 0 aliphatic carbocycles. The second-order valence-electron chi connectivity index (χ2n) is 8.47. The van der Waals surface area contributed by atoms with Gasteiger partial charge in [-0.1, -0.05) is 19.8 Å². The summed E-state index contributed by atoms with van der Waals surface area (Å²) in [6.45, 7) is 19.7. The zero-order valence-electron chi connectivity index (χ0n) is 17.2. The predicted molar refractivity (Wildman–Crippen MR) is 105 cm³/mol. The van der Waals surface area contributed by atoms with E-state index in [0.29, 0.717) is 6.04 Å². The van der Waals surface area contributed by atoms with Crippen LogP contribution in [0.1, 0.15) is 60.3 Å². The van der Waals surface area contributed by atoms with Gasteiger partial charge in [0.25, 0.3) is 0 Å². The summed E-state index contributed by atoms with van der Waals surface area (Å²) in [4.78, 5) is 5.18. The van der Waals surface area contributed by atoms with Gasteiger partial charge in [0.15, 0.2) is 0 Å². The van der Waals surface area contributed by atoms with Crippen LogP contribution in [0.25, 0.3) is 0 Å². The van der Waals surface area contributed by atoms with Crippen molar-refractivity contribution in [1.82, 2.24) is 15.1 Å². The van der Waals surface area contributed by atoms with Crippen molar-refractivity contribution in [2.45, 2.75) is 71.9 Å². The second kappa shape index (κ2) is 11.5. The van der Waals surface area contributed by atoms with Gasteiger partial charge in [0.05, 0.1) is 5.60 Å². The highest BCUT2D eigenvalue weighted by molar-refractivity contribution is 4.74. The van der Waals surface area contributed by atoms with E-state index >= 15 is 0 Å². The van der Waals surface area contributed by atoms with Gasteiger partial charge < -0.3 is 10.1 Å². The zero-order valence-corrected chi connectivity index (χ0v) is 17.2. The van der Waals surface area contributed by atoms with Crippen LogP contribution in [-0.4, -0.2) is 74.4 Å². The van der Waals surface area contributed by atoms with Crippen molar-refractivity contribution in [2.24, 2.45) is 5.92 Å². The summed E-state index contributed by atoms with van der Waals surface area (Å²) in [6.07, 6.45) is 5.02. The molecule has 1 heterocycles. The highest BCUT2D eigenvalue weighted by Crippen LogP contribution is 2.20. The van der Waals surface area contributed by atoms with Gasteiger partial charge in [0, 0.05) is 52.4 Å². The molecule has 144 valence electrons. The Morgan fingerprint density at radius 2 is 1.67 bits per heavy atom. The van der Waals surface area contributed by atoms with Gasteiger partial charge in [-0.15, -0.1) is 0 Å². The minimum Gasteiger partial charge on any atom is -0.379 e. The standard InChI is InChI=1S/C20H43N3O/c1-18(2)23-16-14-22(15-17-23)13-12-21-11-9-19(3)8-7-10-20(4,5)24-6/h18-19,21H,7-17H2,1-6H3/t19-/m0/s1. The molecule has 4 heteroatoms. The molecule has 1 aliphatic rings. The topological polar surface area (TPSA) is 27.7 Å². The Morgan fingerprint density at radius 1 is 1.00 bits per heavy atom. The van der Waals surface area contributed by atoms with E-state index in [1.807, 2.05) is 7.11 Å². The highest BCUT2D eigenvalue weighted by atomic mass is 16.5. The van der Waals surface area contributed by atoms with E-state index < -0.39 is 0 Å². The predicted octanol–water partition coefficient (Wildman–Crippen LogP) is 3.22. The van der Waals surface area contributed by atoms with Crippen LogP contribution in [0.5, 0.6) is 0 Å². The zero-order chi connectivity index (χ0) is 18.0. The maximum absolute atomic E-state index is 5.49. The van der Waals surface area contributed by atoms with Crippen LogP contribution in [0.2, 0.25) is 0 Å². The van der Waals surface area contributed by atoms with E-state index in [-0.39, 0.29) is 5.60 Å². The lowest BCUT2D eigenvalue weighted by atomic mass is 9.95. The lowest BCUT2D eigenvalue weighted by molar-refractivity contribution is 0.0127. The summed E-state index contributed by atoms with van der Waals surface area (Å²) >= 11 is 0. The third kappa shape index (κ3) is 9.36. The van der Waals surface area contributed by atoms with Crippen molar-refractivity contribution >= 4 is 0 Å². The molecule has 4 nitrogen and oxygen atoms in total. The van der Waals surface area contributed by atoms with E-state index in [4.69, 9.17) is 4.74 Å². The van der Waals surface area contributed by atoms with Crippen molar-refractivity contribution < 1.29 is 4.74 Å². The first-order valence-corrected chi connectivity index (χ1v) is 10.1. The molecular formula is C20H43N3O. The Labute approximate surface area is 151 Å². The van der Waals surface area contributed by atoms with Crippen molar-refractivity contribution in [3.8, 4) is 0 Å². The fraction of sp³-hybridized carbons (Fsp3) is 1.00. The lowest BCUT2D eigenvalue weighted by Gasteiger charge is -2.36. The minimum absolute atomic E-state index is 0.0392. The van der Waals surface area contributed by atoms with Crippen molar-refractivity contribution in [3.63, 3.8) is 0 Å². The molecule has 0 radical (unpaired) electrons. The molecule has 1 rings (SSSR count). The molecule has 0 unspecified atom stereocenters. The van der Waals surface area contributed by atoms with Gasteiger partial charge in [-0.2, -0.15) is 0 Å². The summed E-state index contributed by atoms with van der Waals surface area (Å²) in [6, 6.07) is 0.696. The number of nitrogens with zero attached hydrogens (tertiary/aromatic N) is 2. The number of hydrogen-bond donors (Lipinski definition) is 1. The van der Waals surface area contributed by atoms with E-state index in [9.17, 15) is 0 Å². The molecule has 24 heavy (non-hydrogen) atoms. The number of ether oxygens (including phenoxy) is 1. The van der Waals surface area contributed by atoms with Gasteiger partial charge in [-0.25, -0.2) is 0 Å². The summed E-state index contributed by atoms with van der Waals surface area (Å²) in [7, 11) is 1.82. The molecule has 0 aromatic carbocycles. The average Bonchev–Trinajstić information content (AvgIpc) is 2.54. The molecule has 1 atom stereocenters. The molecule has 1 saturated heterocycles. The second-order valence-corrected chi connectivity index (χ2v) is 8.47. The van der Waals surface area contributed by atoms with E-state index in [2.05, 4.69) is 49.7 Å². The van der Waals surface area contributed by atoms with E-state index in [0.717, 1.165) is 25.4 Å². The highest BCUT2D eigenvalue weighted by Gasteiger charge is 2.18. The number of methoxy groups -OCH3 is 1. The van der Waals surface area contributed by atoms with Gasteiger partial charge in [-0.3, -0.25) is 9.80 Å². The first-order chi connectivity index (χ1) is 11.3. The Bertz CT molecular complexity index is 312. The largest absolute Gasteiger partial charge is 0.379 e. The van der Waals surface area contributed by atoms with Crippen molar-refractivity contribution in [1.29, 1.82) is 0 Å². The number of rotatable bonds is 12. The fourth-order valence-corrected chi connectivity index (χ4v) is 3.34. The van der Waals surface area contributed by atoms with Crippen LogP contribution in [0, 0.1) is 5.92 Å². The SMILES string of the molecule is COC(C)(C)CCC[C@H](C)CCNCCN1CCN(C(C)C)CC1. The molecule has 0 spiro atoms. The Morgan fingerprint density at radius 3 is 2.25 bits per heavy atom. The molecule has 0 aromatic heterocycles. The van der Waals surface area contributed by atoms with Crippen LogP contribution >= 0.6 is 0 Å². The average molecular weight is 342 g/mol. The molecule has 1 N–H and O–H groups in total. The molecule has 1 fully saturated rings. The lowest BCUT2D eigenvalue weighted by Crippen LogP contribution is -2.50. The van der Waals surface area contributed by atoms with Gasteiger partial charge >= 0.3 is 0 Å². The quantitative estimate of drug-likeness (QED) is 0.552. The van der Waals surface area contributed by atoms with Crippen molar-refractivity contribution in [2.75, 3.05) is 52.9 Å². The maximum atomic E-state index is 5.49. The molecule has 0 saturated carbocycles. The Kier molecular flexibility index (Phi) is 10.4. The normalized spacial score (nSPS) is 19.1. The van der Waals surface area contributed by atoms with Crippen LogP contribution in [0.4, 0.5) is 0 Å². The summed E-state index contributed by atoms with van der Waals surface area (Å²) < 4.78 is 5.49. The Balaban J connectivity index is 1.96. The Hall–Kier alpha value is -0.160. The first kappa shape index (κ1) is 21.9.